The van der Waals surface area contributed by atoms with Crippen LogP contribution in [0.3, 0.4) is 0 Å². The molecule has 0 atom stereocenters. The summed E-state index contributed by atoms with van der Waals surface area (Å²) in [6.07, 6.45) is 2.77. The van der Waals surface area contributed by atoms with E-state index in [1.165, 1.54) is 5.57 Å². The van der Waals surface area contributed by atoms with Crippen LogP contribution in [0.4, 0.5) is 0 Å². The first-order valence-electron chi connectivity index (χ1n) is 5.61. The quantitative estimate of drug-likeness (QED) is 0.580. The van der Waals surface area contributed by atoms with E-state index in [4.69, 9.17) is 9.53 Å². The van der Waals surface area contributed by atoms with Gasteiger partial charge in [-0.05, 0) is 31.5 Å². The van der Waals surface area contributed by atoms with Crippen LogP contribution in [0.5, 0.6) is 0 Å². The molecule has 0 aliphatic rings. The van der Waals surface area contributed by atoms with Gasteiger partial charge in [0.25, 0.3) is 0 Å². The Morgan fingerprint density at radius 3 is 2.27 bits per heavy atom. The zero-order valence-electron chi connectivity index (χ0n) is 11.1. The third-order valence-corrected chi connectivity index (χ3v) is 7.74. The molecule has 0 fully saturated rings. The first-order chi connectivity index (χ1) is 6.70. The second kappa shape index (κ2) is 5.82. The Balaban J connectivity index is 4.01. The summed E-state index contributed by atoms with van der Waals surface area (Å²) in [5.41, 5.74) is 1.20. The Morgan fingerprint density at radius 1 is 1.33 bits per heavy atom. The molecule has 0 amide bonds. The van der Waals surface area contributed by atoms with Crippen molar-refractivity contribution < 1.29 is 9.53 Å². The molecule has 3 heteroatoms. The number of rotatable bonds is 5. The average molecular weight is 230 g/mol. The van der Waals surface area contributed by atoms with Gasteiger partial charge in [0.2, 0.25) is 0 Å². The molecular formula is C12H26O2Si. The first kappa shape index (κ1) is 14.9. The maximum Gasteiger partial charge on any atom is 0.191 e. The lowest BCUT2D eigenvalue weighted by molar-refractivity contribution is 0.290. The predicted octanol–water partition coefficient (Wildman–Crippen LogP) is 3.34. The third-order valence-electron chi connectivity index (χ3n) is 3.21. The van der Waals surface area contributed by atoms with Gasteiger partial charge in [0.15, 0.2) is 8.32 Å². The molecule has 0 aromatic rings. The van der Waals surface area contributed by atoms with E-state index in [9.17, 15) is 0 Å². The molecule has 0 spiro atoms. The maximum atomic E-state index is 8.72. The topological polar surface area (TPSA) is 29.5 Å². The van der Waals surface area contributed by atoms with E-state index in [1.807, 2.05) is 13.0 Å². The van der Waals surface area contributed by atoms with Crippen molar-refractivity contribution in [1.82, 2.24) is 0 Å². The Morgan fingerprint density at radius 2 is 1.87 bits per heavy atom. The van der Waals surface area contributed by atoms with Gasteiger partial charge in [-0.3, -0.25) is 0 Å². The fourth-order valence-electron chi connectivity index (χ4n) is 0.942. The van der Waals surface area contributed by atoms with Crippen LogP contribution >= 0.6 is 0 Å². The molecule has 0 unspecified atom stereocenters. The Labute approximate surface area is 95.5 Å². The zero-order chi connectivity index (χ0) is 12.1. The van der Waals surface area contributed by atoms with Crippen LogP contribution in [0, 0.1) is 0 Å². The van der Waals surface area contributed by atoms with Gasteiger partial charge in [0.1, 0.15) is 0 Å². The van der Waals surface area contributed by atoms with E-state index in [0.29, 0.717) is 0 Å². The fraction of sp³-hybridized carbons (Fsp3) is 0.833. The smallest absolute Gasteiger partial charge is 0.191 e. The van der Waals surface area contributed by atoms with Crippen molar-refractivity contribution in [3.05, 3.63) is 11.6 Å². The third kappa shape index (κ3) is 5.49. The van der Waals surface area contributed by atoms with Crippen molar-refractivity contribution in [1.29, 1.82) is 0 Å². The van der Waals surface area contributed by atoms with Crippen molar-refractivity contribution in [3.63, 3.8) is 0 Å². The van der Waals surface area contributed by atoms with Crippen LogP contribution in [0.1, 0.15) is 34.1 Å². The fourth-order valence-corrected chi connectivity index (χ4v) is 1.99. The van der Waals surface area contributed by atoms with Gasteiger partial charge in [0.05, 0.1) is 6.61 Å². The summed E-state index contributed by atoms with van der Waals surface area (Å²) >= 11 is 0. The first-order valence-corrected chi connectivity index (χ1v) is 8.52. The Kier molecular flexibility index (Phi) is 5.78. The van der Waals surface area contributed by atoms with E-state index in [1.54, 1.807) is 0 Å². The van der Waals surface area contributed by atoms with Crippen molar-refractivity contribution in [3.8, 4) is 0 Å². The van der Waals surface area contributed by atoms with Crippen LogP contribution in [-0.2, 0) is 4.43 Å². The van der Waals surface area contributed by atoms with Crippen LogP contribution in [0.2, 0.25) is 18.1 Å². The van der Waals surface area contributed by atoms with Crippen LogP contribution < -0.4 is 0 Å². The van der Waals surface area contributed by atoms with Gasteiger partial charge in [0, 0.05) is 6.61 Å². The van der Waals surface area contributed by atoms with E-state index in [2.05, 4.69) is 33.9 Å². The van der Waals surface area contributed by atoms with E-state index in [-0.39, 0.29) is 11.6 Å². The minimum absolute atomic E-state index is 0.131. The molecule has 0 aromatic heterocycles. The van der Waals surface area contributed by atoms with Crippen molar-refractivity contribution in [2.24, 2.45) is 0 Å². The van der Waals surface area contributed by atoms with Crippen LogP contribution in [0.25, 0.3) is 0 Å². The van der Waals surface area contributed by atoms with Gasteiger partial charge in [-0.25, -0.2) is 0 Å². The van der Waals surface area contributed by atoms with Crippen LogP contribution in [-0.4, -0.2) is 26.6 Å². The number of hydrogen-bond donors (Lipinski definition) is 1. The summed E-state index contributed by atoms with van der Waals surface area (Å²) < 4.78 is 6.03. The molecule has 0 aromatic carbocycles. The van der Waals surface area contributed by atoms with Crippen molar-refractivity contribution in [2.75, 3.05) is 13.2 Å². The van der Waals surface area contributed by atoms with Gasteiger partial charge in [-0.15, -0.1) is 0 Å². The minimum atomic E-state index is -1.58. The Hall–Kier alpha value is -0.123. The molecule has 0 saturated heterocycles. The molecule has 15 heavy (non-hydrogen) atoms. The monoisotopic (exact) mass is 230 g/mol. The highest BCUT2D eigenvalue weighted by atomic mass is 28.4. The summed E-state index contributed by atoms with van der Waals surface area (Å²) in [4.78, 5) is 0. The van der Waals surface area contributed by atoms with Gasteiger partial charge in [-0.1, -0.05) is 32.4 Å². The van der Waals surface area contributed by atoms with Gasteiger partial charge < -0.3 is 9.53 Å². The lowest BCUT2D eigenvalue weighted by Gasteiger charge is -2.36. The molecule has 0 bridgehead atoms. The standard InChI is InChI=1S/C12H26O2Si/c1-11(7-9-13)8-10-14-15(5,6)12(2,3)4/h7,13H,8-10H2,1-6H3/b11-7+. The molecular weight excluding hydrogens is 204 g/mol. The highest BCUT2D eigenvalue weighted by Crippen LogP contribution is 2.36. The SMILES string of the molecule is C/C(=C\CO)CCO[Si](C)(C)C(C)(C)C. The summed E-state index contributed by atoms with van der Waals surface area (Å²) in [6.45, 7) is 14.2. The number of aliphatic hydroxyl groups is 1. The predicted molar refractivity (Wildman–Crippen MR) is 68.6 cm³/mol. The molecule has 0 aliphatic heterocycles. The normalized spacial score (nSPS) is 14.5. The van der Waals surface area contributed by atoms with E-state index in [0.717, 1.165) is 13.0 Å². The van der Waals surface area contributed by atoms with Crippen LogP contribution in [0.15, 0.2) is 11.6 Å². The summed E-state index contributed by atoms with van der Waals surface area (Å²) in [5.74, 6) is 0. The molecule has 0 heterocycles. The Bertz CT molecular complexity index is 214. The summed E-state index contributed by atoms with van der Waals surface area (Å²) in [6, 6.07) is 0. The van der Waals surface area contributed by atoms with E-state index < -0.39 is 8.32 Å². The molecule has 0 rings (SSSR count). The highest BCUT2D eigenvalue weighted by molar-refractivity contribution is 6.74. The lowest BCUT2D eigenvalue weighted by Crippen LogP contribution is -2.41. The number of aliphatic hydroxyl groups excluding tert-OH is 1. The maximum absolute atomic E-state index is 8.72. The van der Waals surface area contributed by atoms with E-state index >= 15 is 0 Å². The zero-order valence-corrected chi connectivity index (χ0v) is 12.1. The molecule has 1 N–H and O–H groups in total. The van der Waals surface area contributed by atoms with Gasteiger partial charge >= 0.3 is 0 Å². The number of hydrogen-bond acceptors (Lipinski definition) is 2. The van der Waals surface area contributed by atoms with Gasteiger partial charge in [-0.2, -0.15) is 0 Å². The second-order valence-corrected chi connectivity index (χ2v) is 10.4. The largest absolute Gasteiger partial charge is 0.417 e. The molecule has 0 saturated carbocycles. The molecule has 0 radical (unpaired) electrons. The molecule has 90 valence electrons. The minimum Gasteiger partial charge on any atom is -0.417 e. The second-order valence-electron chi connectivity index (χ2n) is 5.59. The van der Waals surface area contributed by atoms with Crippen molar-refractivity contribution >= 4 is 8.32 Å². The highest BCUT2D eigenvalue weighted by Gasteiger charge is 2.36. The summed E-state index contributed by atoms with van der Waals surface area (Å²) in [7, 11) is -1.58. The average Bonchev–Trinajstić information content (AvgIpc) is 2.01. The molecule has 2 nitrogen and oxygen atoms in total. The molecule has 0 aliphatic carbocycles. The summed E-state index contributed by atoms with van der Waals surface area (Å²) in [5, 5.41) is 9.00. The lowest BCUT2D eigenvalue weighted by atomic mass is 10.2. The van der Waals surface area contributed by atoms with Crippen molar-refractivity contribution in [2.45, 2.75) is 52.2 Å².